The van der Waals surface area contributed by atoms with Crippen LogP contribution in [-0.2, 0) is 7.05 Å². The van der Waals surface area contributed by atoms with Crippen molar-refractivity contribution in [2.75, 3.05) is 0 Å². The molecule has 0 aromatic carbocycles. The van der Waals surface area contributed by atoms with E-state index in [4.69, 9.17) is 4.74 Å². The van der Waals surface area contributed by atoms with Gasteiger partial charge in [-0.1, -0.05) is 6.07 Å². The molecular weight excluding hydrogens is 166 g/mol. The molecule has 4 heteroatoms. The number of rotatable bonds is 2. The molecule has 0 unspecified atom stereocenters. The van der Waals surface area contributed by atoms with E-state index < -0.39 is 0 Å². The van der Waals surface area contributed by atoms with Gasteiger partial charge in [-0.2, -0.15) is 0 Å². The van der Waals surface area contributed by atoms with E-state index in [1.54, 1.807) is 29.4 Å². The largest absolute Gasteiger partial charge is 0.421 e. The van der Waals surface area contributed by atoms with Crippen molar-refractivity contribution in [2.45, 2.75) is 0 Å². The molecule has 0 amide bonds. The van der Waals surface area contributed by atoms with Crippen LogP contribution >= 0.6 is 0 Å². The van der Waals surface area contributed by atoms with Gasteiger partial charge in [0.05, 0.1) is 12.5 Å². The molecule has 0 aliphatic rings. The van der Waals surface area contributed by atoms with Crippen molar-refractivity contribution in [3.8, 4) is 11.8 Å². The Morgan fingerprint density at radius 2 is 2.31 bits per heavy atom. The lowest BCUT2D eigenvalue weighted by atomic mass is 10.5. The maximum atomic E-state index is 5.44. The van der Waals surface area contributed by atoms with Gasteiger partial charge in [0.15, 0.2) is 0 Å². The molecular formula is C9H9N3O. The molecule has 0 saturated heterocycles. The minimum atomic E-state index is 0.575. The topological polar surface area (TPSA) is 39.9 Å². The van der Waals surface area contributed by atoms with Gasteiger partial charge in [0.25, 0.3) is 0 Å². The number of ether oxygens (including phenoxy) is 1. The summed E-state index contributed by atoms with van der Waals surface area (Å²) in [6, 6.07) is 5.52. The molecule has 2 aromatic heterocycles. The van der Waals surface area contributed by atoms with Crippen LogP contribution in [0.1, 0.15) is 0 Å². The standard InChI is InChI=1S/C9H9N3O/c1-12-7-10-6-9(12)13-8-4-2-3-5-11-8/h2-7H,1H3. The molecule has 2 heterocycles. The maximum Gasteiger partial charge on any atom is 0.221 e. The zero-order valence-electron chi connectivity index (χ0n) is 7.21. The smallest absolute Gasteiger partial charge is 0.221 e. The quantitative estimate of drug-likeness (QED) is 0.696. The van der Waals surface area contributed by atoms with E-state index in [9.17, 15) is 0 Å². The summed E-state index contributed by atoms with van der Waals surface area (Å²) in [4.78, 5) is 7.96. The van der Waals surface area contributed by atoms with Crippen molar-refractivity contribution < 1.29 is 4.74 Å². The molecule has 0 atom stereocenters. The average molecular weight is 175 g/mol. The van der Waals surface area contributed by atoms with Crippen molar-refractivity contribution in [2.24, 2.45) is 7.05 Å². The second-order valence-corrected chi connectivity index (χ2v) is 2.61. The Morgan fingerprint density at radius 3 is 2.92 bits per heavy atom. The minimum absolute atomic E-state index is 0.575. The summed E-state index contributed by atoms with van der Waals surface area (Å²) < 4.78 is 7.22. The highest BCUT2D eigenvalue weighted by Gasteiger charge is 2.00. The van der Waals surface area contributed by atoms with Gasteiger partial charge in [-0.05, 0) is 6.07 Å². The molecule has 66 valence electrons. The predicted molar refractivity (Wildman–Crippen MR) is 47.5 cm³/mol. The summed E-state index contributed by atoms with van der Waals surface area (Å²) in [5.41, 5.74) is 0. The lowest BCUT2D eigenvalue weighted by Gasteiger charge is -2.02. The predicted octanol–water partition coefficient (Wildman–Crippen LogP) is 1.61. The van der Waals surface area contributed by atoms with E-state index in [2.05, 4.69) is 9.97 Å². The van der Waals surface area contributed by atoms with E-state index in [1.807, 2.05) is 19.2 Å². The number of aromatic nitrogens is 3. The first-order valence-electron chi connectivity index (χ1n) is 3.91. The SMILES string of the molecule is Cn1cncc1Oc1ccccn1. The molecule has 0 bridgehead atoms. The van der Waals surface area contributed by atoms with Gasteiger partial charge in [-0.15, -0.1) is 0 Å². The molecule has 4 nitrogen and oxygen atoms in total. The number of imidazole rings is 1. The number of nitrogens with zero attached hydrogens (tertiary/aromatic N) is 3. The van der Waals surface area contributed by atoms with Crippen molar-refractivity contribution in [1.29, 1.82) is 0 Å². The fourth-order valence-electron chi connectivity index (χ4n) is 0.958. The normalized spacial score (nSPS) is 9.92. The molecule has 0 aliphatic carbocycles. The summed E-state index contributed by atoms with van der Waals surface area (Å²) in [6.45, 7) is 0. The van der Waals surface area contributed by atoms with Gasteiger partial charge >= 0.3 is 0 Å². The lowest BCUT2D eigenvalue weighted by Crippen LogP contribution is -1.92. The van der Waals surface area contributed by atoms with Gasteiger partial charge in [-0.25, -0.2) is 9.97 Å². The summed E-state index contributed by atoms with van der Waals surface area (Å²) in [5, 5.41) is 0. The van der Waals surface area contributed by atoms with Gasteiger partial charge in [-0.3, -0.25) is 0 Å². The first-order valence-corrected chi connectivity index (χ1v) is 3.91. The summed E-state index contributed by atoms with van der Waals surface area (Å²) in [6.07, 6.45) is 5.01. The molecule has 0 aliphatic heterocycles. The third-order valence-corrected chi connectivity index (χ3v) is 1.62. The van der Waals surface area contributed by atoms with Crippen molar-refractivity contribution in [1.82, 2.24) is 14.5 Å². The molecule has 0 saturated carbocycles. The van der Waals surface area contributed by atoms with Crippen LogP contribution in [0.2, 0.25) is 0 Å². The summed E-state index contributed by atoms with van der Waals surface area (Å²) >= 11 is 0. The van der Waals surface area contributed by atoms with Crippen molar-refractivity contribution in [3.05, 3.63) is 36.9 Å². The third-order valence-electron chi connectivity index (χ3n) is 1.62. The Labute approximate surface area is 75.8 Å². The molecule has 0 fully saturated rings. The Kier molecular flexibility index (Phi) is 1.96. The van der Waals surface area contributed by atoms with Crippen LogP contribution < -0.4 is 4.74 Å². The highest BCUT2D eigenvalue weighted by molar-refractivity contribution is 5.17. The minimum Gasteiger partial charge on any atom is -0.421 e. The Bertz CT molecular complexity index is 383. The van der Waals surface area contributed by atoms with Crippen molar-refractivity contribution >= 4 is 0 Å². The van der Waals surface area contributed by atoms with Gasteiger partial charge in [0, 0.05) is 19.3 Å². The molecule has 13 heavy (non-hydrogen) atoms. The van der Waals surface area contributed by atoms with E-state index >= 15 is 0 Å². The first-order chi connectivity index (χ1) is 6.36. The highest BCUT2D eigenvalue weighted by atomic mass is 16.5. The van der Waals surface area contributed by atoms with E-state index in [0.717, 1.165) is 0 Å². The van der Waals surface area contributed by atoms with Crippen LogP contribution in [0.5, 0.6) is 11.8 Å². The van der Waals surface area contributed by atoms with E-state index in [-0.39, 0.29) is 0 Å². The summed E-state index contributed by atoms with van der Waals surface area (Å²) in [7, 11) is 1.87. The first kappa shape index (κ1) is 7.79. The van der Waals surface area contributed by atoms with E-state index in [0.29, 0.717) is 11.8 Å². The van der Waals surface area contributed by atoms with Crippen LogP contribution in [0.3, 0.4) is 0 Å². The zero-order valence-corrected chi connectivity index (χ0v) is 7.21. The monoisotopic (exact) mass is 175 g/mol. The van der Waals surface area contributed by atoms with Crippen LogP contribution in [0.4, 0.5) is 0 Å². The molecule has 2 rings (SSSR count). The van der Waals surface area contributed by atoms with Gasteiger partial charge in [0.2, 0.25) is 11.8 Å². The molecule has 0 spiro atoms. The maximum absolute atomic E-state index is 5.44. The highest BCUT2D eigenvalue weighted by Crippen LogP contribution is 2.16. The van der Waals surface area contributed by atoms with Crippen molar-refractivity contribution in [3.63, 3.8) is 0 Å². The molecule has 0 radical (unpaired) electrons. The zero-order chi connectivity index (χ0) is 9.10. The van der Waals surface area contributed by atoms with Gasteiger partial charge < -0.3 is 9.30 Å². The summed E-state index contributed by atoms with van der Waals surface area (Å²) in [5.74, 6) is 1.25. The third kappa shape index (κ3) is 1.66. The van der Waals surface area contributed by atoms with Gasteiger partial charge in [0.1, 0.15) is 0 Å². The average Bonchev–Trinajstić information content (AvgIpc) is 2.54. The van der Waals surface area contributed by atoms with Crippen LogP contribution in [-0.4, -0.2) is 14.5 Å². The fourth-order valence-corrected chi connectivity index (χ4v) is 0.958. The van der Waals surface area contributed by atoms with Crippen LogP contribution in [0.15, 0.2) is 36.9 Å². The number of hydrogen-bond acceptors (Lipinski definition) is 3. The van der Waals surface area contributed by atoms with Crippen LogP contribution in [0.25, 0.3) is 0 Å². The number of pyridine rings is 1. The molecule has 2 aromatic rings. The Balaban J connectivity index is 2.20. The Morgan fingerprint density at radius 1 is 1.38 bits per heavy atom. The number of hydrogen-bond donors (Lipinski definition) is 0. The van der Waals surface area contributed by atoms with Crippen LogP contribution in [0, 0.1) is 0 Å². The second-order valence-electron chi connectivity index (χ2n) is 2.61. The number of aryl methyl sites for hydroxylation is 1. The van der Waals surface area contributed by atoms with E-state index in [1.165, 1.54) is 0 Å². The fraction of sp³-hybridized carbons (Fsp3) is 0.111. The lowest BCUT2D eigenvalue weighted by molar-refractivity contribution is 0.426. The Hall–Kier alpha value is -1.84. The molecule has 0 N–H and O–H groups in total. The second kappa shape index (κ2) is 3.26.